The van der Waals surface area contributed by atoms with Gasteiger partial charge in [-0.05, 0) is 75.8 Å². The summed E-state index contributed by atoms with van der Waals surface area (Å²) >= 11 is 5.87. The van der Waals surface area contributed by atoms with Crippen molar-refractivity contribution in [2.24, 2.45) is 5.10 Å². The van der Waals surface area contributed by atoms with Gasteiger partial charge in [-0.2, -0.15) is 5.10 Å². The van der Waals surface area contributed by atoms with Crippen molar-refractivity contribution in [3.05, 3.63) is 70.7 Å². The molecule has 0 bridgehead atoms. The fourth-order valence-electron chi connectivity index (χ4n) is 4.54. The summed E-state index contributed by atoms with van der Waals surface area (Å²) in [6.45, 7) is 5.27. The first kappa shape index (κ1) is 29.7. The lowest BCUT2D eigenvalue weighted by Crippen LogP contribution is -2.40. The van der Waals surface area contributed by atoms with Gasteiger partial charge in [-0.3, -0.25) is 9.59 Å². The highest BCUT2D eigenvalue weighted by atomic mass is 35.5. The van der Waals surface area contributed by atoms with Crippen molar-refractivity contribution in [2.45, 2.75) is 57.7 Å². The molecule has 0 aliphatic heterocycles. The maximum Gasteiger partial charge on any atom is 0.407 e. The number of nitrogens with one attached hydrogen (secondary N) is 3. The number of carbonyl (C=O) groups is 3. The Morgan fingerprint density at radius 2 is 1.73 bits per heavy atom. The quantitative estimate of drug-likeness (QED) is 0.221. The molecule has 0 spiro atoms. The van der Waals surface area contributed by atoms with Crippen molar-refractivity contribution >= 4 is 46.5 Å². The summed E-state index contributed by atoms with van der Waals surface area (Å²) < 4.78 is 11.2. The predicted octanol–water partition coefficient (Wildman–Crippen LogP) is 4.90. The Morgan fingerprint density at radius 1 is 1.02 bits per heavy atom. The number of hydrogen-bond donors (Lipinski definition) is 4. The first-order valence-corrected chi connectivity index (χ1v) is 13.6. The van der Waals surface area contributed by atoms with E-state index in [2.05, 4.69) is 21.2 Å². The van der Waals surface area contributed by atoms with E-state index in [1.165, 1.54) is 24.4 Å². The van der Waals surface area contributed by atoms with Gasteiger partial charge in [-0.15, -0.1) is 0 Å². The van der Waals surface area contributed by atoms with Crippen LogP contribution in [-0.4, -0.2) is 53.5 Å². The lowest BCUT2D eigenvalue weighted by Gasteiger charge is -2.21. The van der Waals surface area contributed by atoms with Crippen LogP contribution in [0.15, 0.2) is 59.7 Å². The van der Waals surface area contributed by atoms with E-state index in [4.69, 9.17) is 21.1 Å². The molecule has 2 atom stereocenters. The number of fused-ring (bicyclic) bond motifs is 1. The van der Waals surface area contributed by atoms with Crippen LogP contribution in [0.4, 0.5) is 4.79 Å². The minimum atomic E-state index is -0.567. The number of aromatic hydroxyl groups is 1. The zero-order valence-electron chi connectivity index (χ0n) is 23.1. The summed E-state index contributed by atoms with van der Waals surface area (Å²) in [5, 5.41) is 21.1. The first-order chi connectivity index (χ1) is 19.5. The van der Waals surface area contributed by atoms with Crippen LogP contribution in [0.25, 0.3) is 10.8 Å². The first-order valence-electron chi connectivity index (χ1n) is 13.2. The monoisotopic (exact) mass is 580 g/mol. The number of hydrogen-bond acceptors (Lipinski definition) is 7. The number of hydrazone groups is 1. The number of rotatable bonds is 8. The Morgan fingerprint density at radius 3 is 2.44 bits per heavy atom. The van der Waals surface area contributed by atoms with Gasteiger partial charge in [-0.1, -0.05) is 35.9 Å². The van der Waals surface area contributed by atoms with E-state index in [0.717, 1.165) is 29.2 Å². The number of ether oxygens (including phenoxy) is 2. The van der Waals surface area contributed by atoms with Crippen molar-refractivity contribution in [2.75, 3.05) is 6.61 Å². The summed E-state index contributed by atoms with van der Waals surface area (Å²) in [6, 6.07) is 15.0. The van der Waals surface area contributed by atoms with Gasteiger partial charge in [0.2, 0.25) is 0 Å². The van der Waals surface area contributed by atoms with E-state index in [-0.39, 0.29) is 40.9 Å². The minimum absolute atomic E-state index is 0.0575. The van der Waals surface area contributed by atoms with E-state index in [1.807, 2.05) is 45.0 Å². The lowest BCUT2D eigenvalue weighted by molar-refractivity contribution is -0.123. The van der Waals surface area contributed by atoms with Gasteiger partial charge < -0.3 is 25.2 Å². The molecular formula is C30H33ClN4O6. The van der Waals surface area contributed by atoms with Crippen molar-refractivity contribution in [1.29, 1.82) is 0 Å². The average molecular weight is 581 g/mol. The van der Waals surface area contributed by atoms with Gasteiger partial charge in [0.15, 0.2) is 6.61 Å². The lowest BCUT2D eigenvalue weighted by atomic mass is 10.0. The molecule has 11 heteroatoms. The van der Waals surface area contributed by atoms with Crippen LogP contribution < -0.4 is 20.8 Å². The van der Waals surface area contributed by atoms with Crippen molar-refractivity contribution in [3.8, 4) is 11.5 Å². The molecule has 216 valence electrons. The fraction of sp³-hybridized carbons (Fsp3) is 0.333. The van der Waals surface area contributed by atoms with Gasteiger partial charge >= 0.3 is 6.09 Å². The molecule has 0 saturated heterocycles. The maximum atomic E-state index is 12.6. The molecule has 3 aromatic rings. The van der Waals surface area contributed by atoms with E-state index in [1.54, 1.807) is 12.1 Å². The summed E-state index contributed by atoms with van der Waals surface area (Å²) in [6.07, 6.45) is 3.18. The Hall–Kier alpha value is -4.31. The van der Waals surface area contributed by atoms with Crippen LogP contribution in [0.5, 0.6) is 11.5 Å². The minimum Gasteiger partial charge on any atom is -0.506 e. The number of amides is 3. The molecule has 41 heavy (non-hydrogen) atoms. The molecule has 3 amide bonds. The highest BCUT2D eigenvalue weighted by Crippen LogP contribution is 2.28. The zero-order valence-corrected chi connectivity index (χ0v) is 23.8. The topological polar surface area (TPSA) is 138 Å². The van der Waals surface area contributed by atoms with Crippen LogP contribution in [0.2, 0.25) is 5.02 Å². The average Bonchev–Trinajstić information content (AvgIpc) is 3.34. The van der Waals surface area contributed by atoms with Crippen molar-refractivity contribution in [3.63, 3.8) is 0 Å². The molecule has 1 aliphatic carbocycles. The number of phenols is 1. The second kappa shape index (κ2) is 12.9. The molecule has 0 aromatic heterocycles. The van der Waals surface area contributed by atoms with Crippen molar-refractivity contribution in [1.82, 2.24) is 16.1 Å². The summed E-state index contributed by atoms with van der Waals surface area (Å²) in [5.41, 5.74) is 2.87. The second-order valence-electron chi connectivity index (χ2n) is 10.8. The third-order valence-electron chi connectivity index (χ3n) is 6.37. The van der Waals surface area contributed by atoms with Crippen LogP contribution >= 0.6 is 11.6 Å². The van der Waals surface area contributed by atoms with Gasteiger partial charge in [0.1, 0.15) is 17.1 Å². The Balaban J connectivity index is 1.31. The van der Waals surface area contributed by atoms with Gasteiger partial charge in [-0.25, -0.2) is 10.2 Å². The highest BCUT2D eigenvalue weighted by molar-refractivity contribution is 6.32. The molecule has 0 radical (unpaired) electrons. The summed E-state index contributed by atoms with van der Waals surface area (Å²) in [4.78, 5) is 37.0. The number of phenolic OH excluding ortho intramolecular Hbond substituents is 1. The third-order valence-corrected chi connectivity index (χ3v) is 6.68. The molecule has 3 aromatic carbocycles. The van der Waals surface area contributed by atoms with E-state index >= 15 is 0 Å². The number of nitrogens with zero attached hydrogens (tertiary/aromatic N) is 1. The SMILES string of the molecule is CC(C)(C)OC(=O)NC1CCC(NC(=O)COc2ccc(C=NNC(=O)c3ccc(O)c(Cl)c3)c3ccccc23)C1. The van der Waals surface area contributed by atoms with Crippen LogP contribution in [0, 0.1) is 0 Å². The molecule has 1 aliphatic rings. The summed E-state index contributed by atoms with van der Waals surface area (Å²) in [5.74, 6) is -0.309. The summed E-state index contributed by atoms with van der Waals surface area (Å²) in [7, 11) is 0. The number of benzene rings is 3. The van der Waals surface area contributed by atoms with E-state index in [0.29, 0.717) is 12.2 Å². The predicted molar refractivity (Wildman–Crippen MR) is 157 cm³/mol. The Bertz CT molecular complexity index is 1470. The fourth-order valence-corrected chi connectivity index (χ4v) is 4.72. The maximum absolute atomic E-state index is 12.6. The van der Waals surface area contributed by atoms with E-state index < -0.39 is 17.6 Å². The van der Waals surface area contributed by atoms with Crippen LogP contribution in [0.3, 0.4) is 0 Å². The van der Waals surface area contributed by atoms with Gasteiger partial charge in [0.05, 0.1) is 11.2 Å². The molecule has 4 rings (SSSR count). The smallest absolute Gasteiger partial charge is 0.407 e. The van der Waals surface area contributed by atoms with Gasteiger partial charge in [0, 0.05) is 28.6 Å². The van der Waals surface area contributed by atoms with E-state index in [9.17, 15) is 19.5 Å². The standard InChI is InChI=1S/C30H33ClN4O6/c1-30(2,3)41-29(39)34-21-11-10-20(15-21)33-27(37)17-40-26-13-9-19(22-6-4-5-7-23(22)26)16-32-35-28(38)18-8-12-25(36)24(31)14-18/h4-9,12-14,16,20-21,36H,10-11,15,17H2,1-3H3,(H,33,37)(H,34,39)(H,35,38). The van der Waals surface area contributed by atoms with Gasteiger partial charge in [0.25, 0.3) is 11.8 Å². The largest absolute Gasteiger partial charge is 0.506 e. The van der Waals surface area contributed by atoms with Crippen LogP contribution in [0.1, 0.15) is 56.0 Å². The molecule has 1 saturated carbocycles. The molecule has 4 N–H and O–H groups in total. The Kier molecular flexibility index (Phi) is 9.34. The molecule has 2 unspecified atom stereocenters. The molecule has 10 nitrogen and oxygen atoms in total. The zero-order chi connectivity index (χ0) is 29.6. The van der Waals surface area contributed by atoms with Crippen molar-refractivity contribution < 1.29 is 29.0 Å². The Labute approximate surface area is 243 Å². The molecular weight excluding hydrogens is 548 g/mol. The number of carbonyl (C=O) groups excluding carboxylic acids is 3. The molecule has 0 heterocycles. The van der Waals surface area contributed by atoms with Crippen LogP contribution in [-0.2, 0) is 9.53 Å². The molecule has 1 fully saturated rings. The number of alkyl carbamates (subject to hydrolysis) is 1. The number of halogens is 1. The normalized spacial score (nSPS) is 16.9. The third kappa shape index (κ3) is 8.34. The second-order valence-corrected chi connectivity index (χ2v) is 11.2. The highest BCUT2D eigenvalue weighted by Gasteiger charge is 2.28.